The molecule has 0 N–H and O–H groups in total. The van der Waals surface area contributed by atoms with Crippen molar-refractivity contribution < 1.29 is 4.79 Å². The second-order valence-electron chi connectivity index (χ2n) is 7.77. The predicted molar refractivity (Wildman–Crippen MR) is 117 cm³/mol. The van der Waals surface area contributed by atoms with Crippen molar-refractivity contribution in [2.45, 2.75) is 25.2 Å². The summed E-state index contributed by atoms with van der Waals surface area (Å²) in [5, 5.41) is 7.45. The van der Waals surface area contributed by atoms with Crippen LogP contribution >= 0.6 is 11.3 Å². The molecule has 1 amide bonds. The number of para-hydroxylation sites is 1. The van der Waals surface area contributed by atoms with Gasteiger partial charge in [0.05, 0.1) is 34.0 Å². The summed E-state index contributed by atoms with van der Waals surface area (Å²) in [6.07, 6.45) is 3.07. The Balaban J connectivity index is 1.23. The lowest BCUT2D eigenvalue weighted by atomic mass is 9.99. The highest BCUT2D eigenvalue weighted by atomic mass is 32.1. The Hall–Kier alpha value is -2.57. The Morgan fingerprint density at radius 3 is 2.76 bits per heavy atom. The number of hydrogen-bond donors (Lipinski definition) is 0. The molecule has 1 saturated heterocycles. The molecule has 3 aromatic rings. The molecule has 3 heterocycles. The van der Waals surface area contributed by atoms with E-state index in [1.165, 1.54) is 9.71 Å². The van der Waals surface area contributed by atoms with Gasteiger partial charge in [0, 0.05) is 18.9 Å². The molecule has 6 heteroatoms. The quantitative estimate of drug-likeness (QED) is 0.657. The van der Waals surface area contributed by atoms with Gasteiger partial charge in [-0.3, -0.25) is 9.69 Å². The minimum atomic E-state index is 0.0980. The fourth-order valence-electron chi connectivity index (χ4n) is 4.21. The molecular formula is C23H24N4OS. The lowest BCUT2D eigenvalue weighted by Gasteiger charge is -2.31. The number of aromatic nitrogens is 1. The number of hydrazone groups is 1. The zero-order chi connectivity index (χ0) is 19.6. The number of hydrogen-bond acceptors (Lipinski definition) is 5. The molecule has 1 aromatic heterocycles. The highest BCUT2D eigenvalue weighted by molar-refractivity contribution is 7.18. The minimum Gasteiger partial charge on any atom is -0.294 e. The van der Waals surface area contributed by atoms with Crippen LogP contribution in [-0.4, -0.2) is 52.7 Å². The largest absolute Gasteiger partial charge is 0.294 e. The molecular weight excluding hydrogens is 380 g/mol. The van der Waals surface area contributed by atoms with Crippen molar-refractivity contribution in [3.05, 3.63) is 65.2 Å². The number of carbonyl (C=O) groups excluding carboxylic acids is 1. The summed E-state index contributed by atoms with van der Waals surface area (Å²) in [4.78, 5) is 20.0. The maximum absolute atomic E-state index is 12.8. The molecule has 0 spiro atoms. The molecule has 2 aromatic carbocycles. The standard InChI is InChI=1S/C23H24N4OS/c28-22(27-14-12-19(25-27)17-7-2-1-3-8-17)16-26-13-6-9-18(15-26)23-24-20-10-4-5-11-21(20)29-23/h1-5,7-8,10-11,18H,6,9,12-16H2. The van der Waals surface area contributed by atoms with E-state index in [1.807, 2.05) is 24.3 Å². The molecule has 29 heavy (non-hydrogen) atoms. The van der Waals surface area contributed by atoms with Gasteiger partial charge in [0.2, 0.25) is 0 Å². The summed E-state index contributed by atoms with van der Waals surface area (Å²) in [7, 11) is 0. The van der Waals surface area contributed by atoms with Crippen LogP contribution < -0.4 is 0 Å². The molecule has 5 nitrogen and oxygen atoms in total. The van der Waals surface area contributed by atoms with Crippen molar-refractivity contribution in [2.75, 3.05) is 26.2 Å². The molecule has 0 bridgehead atoms. The topological polar surface area (TPSA) is 48.8 Å². The molecule has 1 atom stereocenters. The van der Waals surface area contributed by atoms with Crippen molar-refractivity contribution >= 4 is 33.2 Å². The maximum atomic E-state index is 12.8. The van der Waals surface area contributed by atoms with Gasteiger partial charge in [0.25, 0.3) is 5.91 Å². The van der Waals surface area contributed by atoms with Crippen LogP contribution in [0.3, 0.4) is 0 Å². The first-order chi connectivity index (χ1) is 14.3. The van der Waals surface area contributed by atoms with Crippen LogP contribution in [0.2, 0.25) is 0 Å². The molecule has 0 aliphatic carbocycles. The lowest BCUT2D eigenvalue weighted by molar-refractivity contribution is -0.132. The first-order valence-electron chi connectivity index (χ1n) is 10.3. The molecule has 0 radical (unpaired) electrons. The van der Waals surface area contributed by atoms with Crippen LogP contribution in [0.1, 0.15) is 35.8 Å². The summed E-state index contributed by atoms with van der Waals surface area (Å²) >= 11 is 1.79. The number of amides is 1. The zero-order valence-electron chi connectivity index (χ0n) is 16.3. The van der Waals surface area contributed by atoms with Crippen molar-refractivity contribution in [2.24, 2.45) is 5.10 Å². The molecule has 2 aliphatic heterocycles. The summed E-state index contributed by atoms with van der Waals surface area (Å²) in [6, 6.07) is 18.5. The van der Waals surface area contributed by atoms with Crippen LogP contribution in [0.25, 0.3) is 10.2 Å². The Bertz CT molecular complexity index is 1010. The molecule has 0 saturated carbocycles. The first-order valence-corrected chi connectivity index (χ1v) is 11.1. The van der Waals surface area contributed by atoms with E-state index < -0.39 is 0 Å². The number of carbonyl (C=O) groups is 1. The highest BCUT2D eigenvalue weighted by Gasteiger charge is 2.28. The van der Waals surface area contributed by atoms with Gasteiger partial charge in [0.1, 0.15) is 0 Å². The molecule has 1 unspecified atom stereocenters. The second kappa shape index (κ2) is 8.05. The number of likely N-dealkylation sites (tertiary alicyclic amines) is 1. The minimum absolute atomic E-state index is 0.0980. The van der Waals surface area contributed by atoms with Crippen molar-refractivity contribution in [3.63, 3.8) is 0 Å². The van der Waals surface area contributed by atoms with E-state index >= 15 is 0 Å². The third-order valence-corrected chi connectivity index (χ3v) is 6.92. The SMILES string of the molecule is O=C(CN1CCCC(c2nc3ccccc3s2)C1)N1CCC(c2ccccc2)=N1. The van der Waals surface area contributed by atoms with Gasteiger partial charge in [-0.25, -0.2) is 9.99 Å². The van der Waals surface area contributed by atoms with Crippen LogP contribution in [0.15, 0.2) is 59.7 Å². The van der Waals surface area contributed by atoms with E-state index in [2.05, 4.69) is 40.3 Å². The van der Waals surface area contributed by atoms with Gasteiger partial charge in [0.15, 0.2) is 0 Å². The zero-order valence-corrected chi connectivity index (χ0v) is 17.1. The van der Waals surface area contributed by atoms with Gasteiger partial charge in [-0.1, -0.05) is 42.5 Å². The maximum Gasteiger partial charge on any atom is 0.256 e. The Kier molecular flexibility index (Phi) is 5.12. The van der Waals surface area contributed by atoms with Crippen molar-refractivity contribution in [1.29, 1.82) is 0 Å². The van der Waals surface area contributed by atoms with Crippen LogP contribution in [0.4, 0.5) is 0 Å². The summed E-state index contributed by atoms with van der Waals surface area (Å²) < 4.78 is 1.25. The smallest absolute Gasteiger partial charge is 0.256 e. The molecule has 1 fully saturated rings. The first kappa shape index (κ1) is 18.5. The van der Waals surface area contributed by atoms with Gasteiger partial charge in [-0.2, -0.15) is 5.10 Å². The molecule has 148 valence electrons. The summed E-state index contributed by atoms with van der Waals surface area (Å²) in [5.41, 5.74) is 3.20. The van der Waals surface area contributed by atoms with Crippen LogP contribution in [-0.2, 0) is 4.79 Å². The average molecular weight is 405 g/mol. The van der Waals surface area contributed by atoms with Gasteiger partial charge in [-0.05, 0) is 37.1 Å². The number of fused-ring (bicyclic) bond motifs is 1. The number of rotatable bonds is 4. The normalized spacial score (nSPS) is 20.2. The van der Waals surface area contributed by atoms with E-state index in [1.54, 1.807) is 16.3 Å². The van der Waals surface area contributed by atoms with Crippen molar-refractivity contribution in [3.8, 4) is 0 Å². The number of benzene rings is 2. The van der Waals surface area contributed by atoms with Crippen LogP contribution in [0, 0.1) is 0 Å². The van der Waals surface area contributed by atoms with Gasteiger partial charge >= 0.3 is 0 Å². The summed E-state index contributed by atoms with van der Waals surface area (Å²) in [5.74, 6) is 0.511. The van der Waals surface area contributed by atoms with E-state index in [0.29, 0.717) is 19.0 Å². The monoisotopic (exact) mass is 404 g/mol. The van der Waals surface area contributed by atoms with Gasteiger partial charge < -0.3 is 0 Å². The molecule has 5 rings (SSSR count). The third kappa shape index (κ3) is 3.95. The average Bonchev–Trinajstić information content (AvgIpc) is 3.42. The fraction of sp³-hybridized carbons (Fsp3) is 0.348. The Labute approximate surface area is 174 Å². The van der Waals surface area contributed by atoms with E-state index in [0.717, 1.165) is 49.1 Å². The van der Waals surface area contributed by atoms with Gasteiger partial charge in [-0.15, -0.1) is 11.3 Å². The highest BCUT2D eigenvalue weighted by Crippen LogP contribution is 2.33. The number of piperidine rings is 1. The van der Waals surface area contributed by atoms with Crippen LogP contribution in [0.5, 0.6) is 0 Å². The predicted octanol–water partition coefficient (Wildman–Crippen LogP) is 4.11. The van der Waals surface area contributed by atoms with E-state index in [4.69, 9.17) is 4.98 Å². The third-order valence-electron chi connectivity index (χ3n) is 5.72. The number of nitrogens with zero attached hydrogens (tertiary/aromatic N) is 4. The van der Waals surface area contributed by atoms with Crippen molar-refractivity contribution in [1.82, 2.24) is 14.9 Å². The Morgan fingerprint density at radius 2 is 1.90 bits per heavy atom. The van der Waals surface area contributed by atoms with E-state index in [-0.39, 0.29) is 5.91 Å². The second-order valence-corrected chi connectivity index (χ2v) is 8.84. The summed E-state index contributed by atoms with van der Waals surface area (Å²) in [6.45, 7) is 2.98. The fourth-order valence-corrected chi connectivity index (χ4v) is 5.30. The Morgan fingerprint density at radius 1 is 1.07 bits per heavy atom. The number of thiazole rings is 1. The lowest BCUT2D eigenvalue weighted by Crippen LogP contribution is -2.41. The van der Waals surface area contributed by atoms with E-state index in [9.17, 15) is 4.79 Å². The molecule has 2 aliphatic rings.